The molecule has 0 saturated heterocycles. The topological polar surface area (TPSA) is 17.3 Å². The first-order chi connectivity index (χ1) is 7.34. The highest BCUT2D eigenvalue weighted by Gasteiger charge is 2.05. The molecule has 0 aliphatic carbocycles. The third kappa shape index (κ3) is 1.36. The van der Waals surface area contributed by atoms with Gasteiger partial charge in [0.1, 0.15) is 5.65 Å². The lowest BCUT2D eigenvalue weighted by Crippen LogP contribution is -1.83. The molecule has 0 aliphatic rings. The minimum absolute atomic E-state index is 1.04. The Balaban J connectivity index is 2.27. The van der Waals surface area contributed by atoms with Crippen molar-refractivity contribution in [3.8, 4) is 10.6 Å². The molecule has 3 heteroatoms. The molecule has 15 heavy (non-hydrogen) atoms. The molecule has 3 aromatic heterocycles. The van der Waals surface area contributed by atoms with Gasteiger partial charge in [0.15, 0.2) is 0 Å². The molecule has 3 heterocycles. The fourth-order valence-corrected chi connectivity index (χ4v) is 2.38. The lowest BCUT2D eigenvalue weighted by molar-refractivity contribution is 1.16. The summed E-state index contributed by atoms with van der Waals surface area (Å²) in [6.07, 6.45) is 4.11. The SMILES string of the molecule is Cc1cccn2cc(-c3cccs3)nc12. The first kappa shape index (κ1) is 8.68. The van der Waals surface area contributed by atoms with Crippen molar-refractivity contribution in [2.24, 2.45) is 0 Å². The van der Waals surface area contributed by atoms with Crippen molar-refractivity contribution >= 4 is 17.0 Å². The van der Waals surface area contributed by atoms with Gasteiger partial charge in [0, 0.05) is 12.4 Å². The van der Waals surface area contributed by atoms with Crippen molar-refractivity contribution in [1.29, 1.82) is 0 Å². The largest absolute Gasteiger partial charge is 0.306 e. The van der Waals surface area contributed by atoms with E-state index < -0.39 is 0 Å². The standard InChI is InChI=1S/C12H10N2S/c1-9-4-2-6-14-8-10(13-12(9)14)11-5-3-7-15-11/h2-8H,1H3. The third-order valence-corrected chi connectivity index (χ3v) is 3.34. The van der Waals surface area contributed by atoms with Crippen molar-refractivity contribution in [2.75, 3.05) is 0 Å². The zero-order valence-corrected chi connectivity index (χ0v) is 9.16. The van der Waals surface area contributed by atoms with Crippen LogP contribution in [0.4, 0.5) is 0 Å². The van der Waals surface area contributed by atoms with Crippen LogP contribution in [0.15, 0.2) is 42.0 Å². The molecule has 3 aromatic rings. The van der Waals surface area contributed by atoms with Crippen molar-refractivity contribution in [3.05, 3.63) is 47.6 Å². The summed E-state index contributed by atoms with van der Waals surface area (Å²) in [5.41, 5.74) is 3.31. The predicted molar refractivity (Wildman–Crippen MR) is 63.2 cm³/mol. The zero-order valence-electron chi connectivity index (χ0n) is 8.34. The van der Waals surface area contributed by atoms with E-state index in [-0.39, 0.29) is 0 Å². The second-order valence-corrected chi connectivity index (χ2v) is 4.47. The highest BCUT2D eigenvalue weighted by Crippen LogP contribution is 2.24. The summed E-state index contributed by atoms with van der Waals surface area (Å²) < 4.78 is 2.07. The normalized spacial score (nSPS) is 11.0. The molecule has 0 fully saturated rings. The number of fused-ring (bicyclic) bond motifs is 1. The first-order valence-electron chi connectivity index (χ1n) is 4.83. The zero-order chi connectivity index (χ0) is 10.3. The van der Waals surface area contributed by atoms with Gasteiger partial charge in [-0.25, -0.2) is 4.98 Å². The molecule has 0 aliphatic heterocycles. The molecule has 0 atom stereocenters. The van der Waals surface area contributed by atoms with E-state index in [2.05, 4.69) is 46.1 Å². The summed E-state index contributed by atoms with van der Waals surface area (Å²) in [7, 11) is 0. The Hall–Kier alpha value is -1.61. The van der Waals surface area contributed by atoms with E-state index in [1.54, 1.807) is 11.3 Å². The average molecular weight is 214 g/mol. The number of aromatic nitrogens is 2. The van der Waals surface area contributed by atoms with Crippen molar-refractivity contribution < 1.29 is 0 Å². The Morgan fingerprint density at radius 1 is 1.27 bits per heavy atom. The third-order valence-electron chi connectivity index (χ3n) is 2.45. The van der Waals surface area contributed by atoms with Crippen LogP contribution in [0.5, 0.6) is 0 Å². The van der Waals surface area contributed by atoms with Crippen LogP contribution in [0.2, 0.25) is 0 Å². The van der Waals surface area contributed by atoms with E-state index in [0.29, 0.717) is 0 Å². The van der Waals surface area contributed by atoms with Gasteiger partial charge in [0.25, 0.3) is 0 Å². The number of aryl methyl sites for hydroxylation is 1. The molecular weight excluding hydrogens is 204 g/mol. The Morgan fingerprint density at radius 3 is 2.93 bits per heavy atom. The Morgan fingerprint density at radius 2 is 2.20 bits per heavy atom. The van der Waals surface area contributed by atoms with E-state index in [0.717, 1.165) is 11.3 Å². The molecule has 0 unspecified atom stereocenters. The number of nitrogens with zero attached hydrogens (tertiary/aromatic N) is 2. The van der Waals surface area contributed by atoms with Crippen molar-refractivity contribution in [1.82, 2.24) is 9.38 Å². The fraction of sp³-hybridized carbons (Fsp3) is 0.0833. The molecule has 74 valence electrons. The van der Waals surface area contributed by atoms with Gasteiger partial charge in [-0.05, 0) is 30.0 Å². The van der Waals surface area contributed by atoms with Gasteiger partial charge in [0.2, 0.25) is 0 Å². The van der Waals surface area contributed by atoms with Gasteiger partial charge < -0.3 is 4.40 Å². The molecule has 2 nitrogen and oxygen atoms in total. The maximum atomic E-state index is 4.63. The maximum absolute atomic E-state index is 4.63. The van der Waals surface area contributed by atoms with Crippen LogP contribution in [0, 0.1) is 6.92 Å². The molecular formula is C12H10N2S. The van der Waals surface area contributed by atoms with E-state index >= 15 is 0 Å². The van der Waals surface area contributed by atoms with Gasteiger partial charge in [-0.1, -0.05) is 12.1 Å². The molecule has 0 spiro atoms. The van der Waals surface area contributed by atoms with Gasteiger partial charge in [-0.15, -0.1) is 11.3 Å². The predicted octanol–water partition coefficient (Wildman–Crippen LogP) is 3.37. The molecule has 3 rings (SSSR count). The van der Waals surface area contributed by atoms with Crippen molar-refractivity contribution in [3.63, 3.8) is 0 Å². The van der Waals surface area contributed by atoms with Crippen molar-refractivity contribution in [2.45, 2.75) is 6.92 Å². The molecule has 0 saturated carbocycles. The molecule has 0 amide bonds. The number of rotatable bonds is 1. The second kappa shape index (κ2) is 3.21. The highest BCUT2D eigenvalue weighted by molar-refractivity contribution is 7.13. The number of pyridine rings is 1. The molecule has 0 aromatic carbocycles. The summed E-state index contributed by atoms with van der Waals surface area (Å²) >= 11 is 1.72. The van der Waals surface area contributed by atoms with Crippen LogP contribution in [0.1, 0.15) is 5.56 Å². The second-order valence-electron chi connectivity index (χ2n) is 3.53. The first-order valence-corrected chi connectivity index (χ1v) is 5.71. The minimum atomic E-state index is 1.04. The van der Waals surface area contributed by atoms with Crippen LogP contribution >= 0.6 is 11.3 Å². The van der Waals surface area contributed by atoms with Crippen LogP contribution in [0.3, 0.4) is 0 Å². The summed E-state index contributed by atoms with van der Waals surface area (Å²) in [4.78, 5) is 5.85. The van der Waals surface area contributed by atoms with Crippen LogP contribution in [-0.2, 0) is 0 Å². The van der Waals surface area contributed by atoms with Gasteiger partial charge in [0.05, 0.1) is 10.6 Å². The number of thiophene rings is 1. The Labute approximate surface area is 91.8 Å². The highest BCUT2D eigenvalue weighted by atomic mass is 32.1. The lowest BCUT2D eigenvalue weighted by Gasteiger charge is -1.93. The van der Waals surface area contributed by atoms with E-state index in [9.17, 15) is 0 Å². The van der Waals surface area contributed by atoms with Crippen LogP contribution in [-0.4, -0.2) is 9.38 Å². The fourth-order valence-electron chi connectivity index (χ4n) is 1.70. The Bertz CT molecular complexity index is 593. The van der Waals surface area contributed by atoms with E-state index in [1.165, 1.54) is 10.4 Å². The average Bonchev–Trinajstić information content (AvgIpc) is 2.86. The number of imidazole rings is 1. The summed E-state index contributed by atoms with van der Waals surface area (Å²) in [5, 5.41) is 2.08. The summed E-state index contributed by atoms with van der Waals surface area (Å²) in [6, 6.07) is 8.28. The van der Waals surface area contributed by atoms with Crippen LogP contribution < -0.4 is 0 Å². The summed E-state index contributed by atoms with van der Waals surface area (Å²) in [5.74, 6) is 0. The molecule has 0 radical (unpaired) electrons. The summed E-state index contributed by atoms with van der Waals surface area (Å²) in [6.45, 7) is 2.08. The number of hydrogen-bond donors (Lipinski definition) is 0. The van der Waals surface area contributed by atoms with Gasteiger partial charge in [-0.2, -0.15) is 0 Å². The monoisotopic (exact) mass is 214 g/mol. The molecule has 0 bridgehead atoms. The maximum Gasteiger partial charge on any atom is 0.140 e. The minimum Gasteiger partial charge on any atom is -0.306 e. The molecule has 0 N–H and O–H groups in total. The Kier molecular flexibility index (Phi) is 1.86. The lowest BCUT2D eigenvalue weighted by atomic mass is 10.3. The number of hydrogen-bond acceptors (Lipinski definition) is 2. The van der Waals surface area contributed by atoms with Crippen LogP contribution in [0.25, 0.3) is 16.2 Å². The quantitative estimate of drug-likeness (QED) is 0.607. The van der Waals surface area contributed by atoms with E-state index in [1.807, 2.05) is 12.3 Å². The van der Waals surface area contributed by atoms with Gasteiger partial charge >= 0.3 is 0 Å². The van der Waals surface area contributed by atoms with Gasteiger partial charge in [-0.3, -0.25) is 0 Å². The smallest absolute Gasteiger partial charge is 0.140 e. The van der Waals surface area contributed by atoms with E-state index in [4.69, 9.17) is 0 Å².